The van der Waals surface area contributed by atoms with E-state index in [0.717, 1.165) is 5.56 Å². The average Bonchev–Trinajstić information content (AvgIpc) is 2.64. The number of hydrogen-bond donors (Lipinski definition) is 1. The summed E-state index contributed by atoms with van der Waals surface area (Å²) >= 11 is 5.89. The summed E-state index contributed by atoms with van der Waals surface area (Å²) in [5, 5.41) is 7.81. The van der Waals surface area contributed by atoms with Gasteiger partial charge in [0.25, 0.3) is 0 Å². The lowest BCUT2D eigenvalue weighted by atomic mass is 10.1. The van der Waals surface area contributed by atoms with Crippen molar-refractivity contribution in [2.75, 3.05) is 7.05 Å². The predicted octanol–water partition coefficient (Wildman–Crippen LogP) is 2.60. The van der Waals surface area contributed by atoms with E-state index >= 15 is 0 Å². The highest BCUT2D eigenvalue weighted by atomic mass is 35.5. The molecule has 17 heavy (non-hydrogen) atoms. The number of halogens is 2. The van der Waals surface area contributed by atoms with E-state index in [2.05, 4.69) is 10.4 Å². The molecule has 0 spiro atoms. The third-order valence-electron chi connectivity index (χ3n) is 2.46. The molecule has 0 saturated heterocycles. The number of benzene rings is 1. The van der Waals surface area contributed by atoms with E-state index in [9.17, 15) is 4.39 Å². The van der Waals surface area contributed by atoms with E-state index in [1.165, 1.54) is 12.1 Å². The van der Waals surface area contributed by atoms with Crippen molar-refractivity contribution in [3.63, 3.8) is 0 Å². The van der Waals surface area contributed by atoms with Crippen molar-refractivity contribution in [2.24, 2.45) is 7.05 Å². The van der Waals surface area contributed by atoms with Crippen LogP contribution in [0.2, 0.25) is 5.02 Å². The molecule has 0 bridgehead atoms. The first-order chi connectivity index (χ1) is 8.11. The Morgan fingerprint density at radius 3 is 2.94 bits per heavy atom. The van der Waals surface area contributed by atoms with Crippen LogP contribution in [0.15, 0.2) is 24.4 Å². The van der Waals surface area contributed by atoms with Gasteiger partial charge in [-0.25, -0.2) is 4.39 Å². The molecule has 2 rings (SSSR count). The fraction of sp³-hybridized carbons (Fsp3) is 0.250. The Morgan fingerprint density at radius 2 is 2.24 bits per heavy atom. The number of nitrogens with one attached hydrogen (secondary N) is 1. The first-order valence-electron chi connectivity index (χ1n) is 5.24. The van der Waals surface area contributed by atoms with Crippen LogP contribution in [0.4, 0.5) is 4.39 Å². The summed E-state index contributed by atoms with van der Waals surface area (Å²) in [6, 6.07) is 4.48. The molecule has 0 amide bonds. The standard InChI is InChI=1S/C12H13ClFN3/c1-15-6-8-7-17(2)16-12(8)10-5-9(13)3-4-11(10)14/h3-5,7,15H,6H2,1-2H3. The number of rotatable bonds is 3. The molecule has 0 fully saturated rings. The van der Waals surface area contributed by atoms with Gasteiger partial charge in [-0.2, -0.15) is 5.10 Å². The Hall–Kier alpha value is -1.39. The zero-order chi connectivity index (χ0) is 12.4. The third kappa shape index (κ3) is 2.48. The molecule has 2 aromatic rings. The molecule has 1 N–H and O–H groups in total. The SMILES string of the molecule is CNCc1cn(C)nc1-c1cc(Cl)ccc1F. The van der Waals surface area contributed by atoms with E-state index < -0.39 is 0 Å². The van der Waals surface area contributed by atoms with Crippen LogP contribution in [0.3, 0.4) is 0 Å². The van der Waals surface area contributed by atoms with Gasteiger partial charge < -0.3 is 5.32 Å². The van der Waals surface area contributed by atoms with Crippen LogP contribution in [0, 0.1) is 5.82 Å². The number of nitrogens with zero attached hydrogens (tertiary/aromatic N) is 2. The molecule has 90 valence electrons. The molecule has 0 saturated carbocycles. The monoisotopic (exact) mass is 253 g/mol. The zero-order valence-corrected chi connectivity index (χ0v) is 10.4. The van der Waals surface area contributed by atoms with Gasteiger partial charge in [0, 0.05) is 35.9 Å². The second-order valence-corrected chi connectivity index (χ2v) is 4.27. The molecule has 5 heteroatoms. The smallest absolute Gasteiger partial charge is 0.132 e. The second kappa shape index (κ2) is 4.85. The van der Waals surface area contributed by atoms with Gasteiger partial charge in [0.15, 0.2) is 0 Å². The van der Waals surface area contributed by atoms with Crippen molar-refractivity contribution in [2.45, 2.75) is 6.54 Å². The van der Waals surface area contributed by atoms with Crippen molar-refractivity contribution in [3.8, 4) is 11.3 Å². The minimum absolute atomic E-state index is 0.314. The molecule has 3 nitrogen and oxygen atoms in total. The van der Waals surface area contributed by atoms with Gasteiger partial charge in [-0.3, -0.25) is 4.68 Å². The third-order valence-corrected chi connectivity index (χ3v) is 2.69. The Kier molecular flexibility index (Phi) is 3.45. The summed E-state index contributed by atoms with van der Waals surface area (Å²) in [5.74, 6) is -0.314. The largest absolute Gasteiger partial charge is 0.316 e. The van der Waals surface area contributed by atoms with Crippen molar-refractivity contribution in [1.29, 1.82) is 0 Å². The molecule has 0 unspecified atom stereocenters. The molecule has 0 aliphatic rings. The summed E-state index contributed by atoms with van der Waals surface area (Å²) in [5.41, 5.74) is 2.00. The van der Waals surface area contributed by atoms with Crippen LogP contribution in [-0.2, 0) is 13.6 Å². The van der Waals surface area contributed by atoms with Crippen LogP contribution in [0.1, 0.15) is 5.56 Å². The minimum atomic E-state index is -0.314. The van der Waals surface area contributed by atoms with Crippen molar-refractivity contribution in [3.05, 3.63) is 40.8 Å². The van der Waals surface area contributed by atoms with Gasteiger partial charge in [0.05, 0.1) is 5.69 Å². The average molecular weight is 254 g/mol. The predicted molar refractivity (Wildman–Crippen MR) is 66.4 cm³/mol. The topological polar surface area (TPSA) is 29.9 Å². The van der Waals surface area contributed by atoms with E-state index in [0.29, 0.717) is 22.8 Å². The lowest BCUT2D eigenvalue weighted by Gasteiger charge is -2.03. The van der Waals surface area contributed by atoms with E-state index in [4.69, 9.17) is 11.6 Å². The van der Waals surface area contributed by atoms with Crippen molar-refractivity contribution < 1.29 is 4.39 Å². The number of hydrogen-bond acceptors (Lipinski definition) is 2. The summed E-state index contributed by atoms with van der Waals surface area (Å²) in [6.45, 7) is 0.634. The lowest BCUT2D eigenvalue weighted by molar-refractivity contribution is 0.629. The van der Waals surface area contributed by atoms with Gasteiger partial charge in [0.1, 0.15) is 5.82 Å². The highest BCUT2D eigenvalue weighted by Gasteiger charge is 2.14. The fourth-order valence-electron chi connectivity index (χ4n) is 1.76. The lowest BCUT2D eigenvalue weighted by Crippen LogP contribution is -2.05. The van der Waals surface area contributed by atoms with E-state index in [1.807, 2.05) is 20.3 Å². The van der Waals surface area contributed by atoms with Crippen LogP contribution in [0.25, 0.3) is 11.3 Å². The zero-order valence-electron chi connectivity index (χ0n) is 9.67. The molecular formula is C12H13ClFN3. The van der Waals surface area contributed by atoms with Gasteiger partial charge in [-0.15, -0.1) is 0 Å². The summed E-state index contributed by atoms with van der Waals surface area (Å²) < 4.78 is 15.4. The van der Waals surface area contributed by atoms with E-state index in [1.54, 1.807) is 10.7 Å². The highest BCUT2D eigenvalue weighted by Crippen LogP contribution is 2.27. The van der Waals surface area contributed by atoms with Crippen LogP contribution >= 0.6 is 11.6 Å². The van der Waals surface area contributed by atoms with Crippen LogP contribution in [-0.4, -0.2) is 16.8 Å². The van der Waals surface area contributed by atoms with E-state index in [-0.39, 0.29) is 5.82 Å². The quantitative estimate of drug-likeness (QED) is 0.911. The van der Waals surface area contributed by atoms with Crippen molar-refractivity contribution >= 4 is 11.6 Å². The maximum Gasteiger partial charge on any atom is 0.132 e. The maximum absolute atomic E-state index is 13.8. The summed E-state index contributed by atoms with van der Waals surface area (Å²) in [6.07, 6.45) is 1.87. The normalized spacial score (nSPS) is 10.8. The molecule has 1 heterocycles. The highest BCUT2D eigenvalue weighted by molar-refractivity contribution is 6.30. The van der Waals surface area contributed by atoms with Crippen molar-refractivity contribution in [1.82, 2.24) is 15.1 Å². The van der Waals surface area contributed by atoms with Crippen LogP contribution in [0.5, 0.6) is 0 Å². The molecule has 1 aromatic heterocycles. The maximum atomic E-state index is 13.8. The van der Waals surface area contributed by atoms with Gasteiger partial charge >= 0.3 is 0 Å². The Balaban J connectivity index is 2.55. The molecule has 1 aromatic carbocycles. The Bertz CT molecular complexity index is 537. The molecule has 0 atom stereocenters. The summed E-state index contributed by atoms with van der Waals surface area (Å²) in [7, 11) is 3.65. The number of aryl methyl sites for hydroxylation is 1. The number of aromatic nitrogens is 2. The van der Waals surface area contributed by atoms with Gasteiger partial charge in [-0.05, 0) is 25.2 Å². The molecule has 0 aliphatic heterocycles. The minimum Gasteiger partial charge on any atom is -0.316 e. The summed E-state index contributed by atoms with van der Waals surface area (Å²) in [4.78, 5) is 0. The van der Waals surface area contributed by atoms with Gasteiger partial charge in [-0.1, -0.05) is 11.6 Å². The van der Waals surface area contributed by atoms with Crippen LogP contribution < -0.4 is 5.32 Å². The molecule has 0 radical (unpaired) electrons. The molecule has 0 aliphatic carbocycles. The second-order valence-electron chi connectivity index (χ2n) is 3.83. The van der Waals surface area contributed by atoms with Gasteiger partial charge in [0.2, 0.25) is 0 Å². The first-order valence-corrected chi connectivity index (χ1v) is 5.62. The molecular weight excluding hydrogens is 241 g/mol. The fourth-order valence-corrected chi connectivity index (χ4v) is 1.94. The Labute approximate surface area is 104 Å². The first kappa shape index (κ1) is 12.1. The Morgan fingerprint density at radius 1 is 1.47 bits per heavy atom.